The van der Waals surface area contributed by atoms with Crippen LogP contribution < -0.4 is 0 Å². The highest BCUT2D eigenvalue weighted by Crippen LogP contribution is 2.45. The summed E-state index contributed by atoms with van der Waals surface area (Å²) in [6.07, 6.45) is 0. The maximum absolute atomic E-state index is 13.7. The number of halogens is 1. The Hall–Kier alpha value is -1.67. The highest BCUT2D eigenvalue weighted by atomic mass is 19.1. The number of rotatable bonds is 2. The Balaban J connectivity index is 2.11. The van der Waals surface area contributed by atoms with E-state index in [1.54, 1.807) is 12.1 Å². The molecule has 0 spiro atoms. The van der Waals surface area contributed by atoms with Crippen molar-refractivity contribution in [1.82, 2.24) is 0 Å². The van der Waals surface area contributed by atoms with Gasteiger partial charge >= 0.3 is 0 Å². The summed E-state index contributed by atoms with van der Waals surface area (Å²) >= 11 is 0. The summed E-state index contributed by atoms with van der Waals surface area (Å²) in [5, 5.41) is 0. The molecule has 1 aliphatic heterocycles. The van der Waals surface area contributed by atoms with Crippen LogP contribution in [0.2, 0.25) is 0 Å². The molecule has 0 aromatic heterocycles. The van der Waals surface area contributed by atoms with Crippen molar-refractivity contribution in [2.75, 3.05) is 6.61 Å². The molecule has 80 valence electrons. The normalized spacial score (nSPS) is 23.1. The van der Waals surface area contributed by atoms with Gasteiger partial charge in [-0.2, -0.15) is 0 Å². The SMILES string of the molecule is Fc1ccccc1C1(c2ccccc2)CO1. The fourth-order valence-corrected chi connectivity index (χ4v) is 2.05. The molecule has 0 aliphatic carbocycles. The fraction of sp³-hybridized carbons (Fsp3) is 0.143. The van der Waals surface area contributed by atoms with Gasteiger partial charge in [-0.15, -0.1) is 0 Å². The highest BCUT2D eigenvalue weighted by Gasteiger charge is 2.49. The predicted molar refractivity (Wildman–Crippen MR) is 59.6 cm³/mol. The standard InChI is InChI=1S/C14H11FO/c15-13-9-5-4-8-12(13)14(10-16-14)11-6-2-1-3-7-11/h1-9H,10H2. The van der Waals surface area contributed by atoms with Crippen molar-refractivity contribution in [2.24, 2.45) is 0 Å². The zero-order valence-corrected chi connectivity index (χ0v) is 8.69. The summed E-state index contributed by atoms with van der Waals surface area (Å²) in [5.74, 6) is -0.205. The Morgan fingerprint density at radius 1 is 0.938 bits per heavy atom. The lowest BCUT2D eigenvalue weighted by Gasteiger charge is -2.13. The summed E-state index contributed by atoms with van der Waals surface area (Å²) in [6.45, 7) is 0.554. The molecule has 0 amide bonds. The van der Waals surface area contributed by atoms with Gasteiger partial charge in [0.1, 0.15) is 11.4 Å². The van der Waals surface area contributed by atoms with Gasteiger partial charge in [0, 0.05) is 5.56 Å². The zero-order chi connectivity index (χ0) is 11.0. The van der Waals surface area contributed by atoms with Crippen LogP contribution in [-0.2, 0) is 10.3 Å². The molecule has 16 heavy (non-hydrogen) atoms. The highest BCUT2D eigenvalue weighted by molar-refractivity contribution is 5.41. The van der Waals surface area contributed by atoms with E-state index in [2.05, 4.69) is 0 Å². The first-order valence-electron chi connectivity index (χ1n) is 5.27. The maximum atomic E-state index is 13.7. The molecular weight excluding hydrogens is 203 g/mol. The first-order chi connectivity index (χ1) is 7.83. The van der Waals surface area contributed by atoms with Crippen LogP contribution >= 0.6 is 0 Å². The van der Waals surface area contributed by atoms with Crippen LogP contribution in [0, 0.1) is 5.82 Å². The van der Waals surface area contributed by atoms with Crippen LogP contribution in [0.15, 0.2) is 54.6 Å². The second-order valence-electron chi connectivity index (χ2n) is 3.96. The lowest BCUT2D eigenvalue weighted by Crippen LogP contribution is -2.12. The molecule has 0 N–H and O–H groups in total. The van der Waals surface area contributed by atoms with E-state index in [0.29, 0.717) is 12.2 Å². The van der Waals surface area contributed by atoms with Crippen LogP contribution in [0.5, 0.6) is 0 Å². The minimum absolute atomic E-state index is 0.205. The van der Waals surface area contributed by atoms with E-state index in [1.165, 1.54) is 6.07 Å². The van der Waals surface area contributed by atoms with Crippen molar-refractivity contribution in [3.8, 4) is 0 Å². The van der Waals surface area contributed by atoms with Crippen molar-refractivity contribution in [2.45, 2.75) is 5.60 Å². The summed E-state index contributed by atoms with van der Waals surface area (Å²) in [6, 6.07) is 16.6. The van der Waals surface area contributed by atoms with Crippen LogP contribution in [0.3, 0.4) is 0 Å². The predicted octanol–water partition coefficient (Wildman–Crippen LogP) is 3.10. The molecule has 2 aromatic carbocycles. The Bertz CT molecular complexity index is 503. The molecular formula is C14H11FO. The minimum atomic E-state index is -0.549. The van der Waals surface area contributed by atoms with E-state index >= 15 is 0 Å². The second kappa shape index (κ2) is 3.42. The number of hydrogen-bond acceptors (Lipinski definition) is 1. The van der Waals surface area contributed by atoms with Gasteiger partial charge in [0.15, 0.2) is 0 Å². The van der Waals surface area contributed by atoms with Gasteiger partial charge in [-0.25, -0.2) is 4.39 Å². The summed E-state index contributed by atoms with van der Waals surface area (Å²) in [4.78, 5) is 0. The van der Waals surface area contributed by atoms with E-state index in [-0.39, 0.29) is 5.82 Å². The van der Waals surface area contributed by atoms with Gasteiger partial charge in [0.05, 0.1) is 6.61 Å². The Morgan fingerprint density at radius 2 is 1.56 bits per heavy atom. The third-order valence-electron chi connectivity index (χ3n) is 2.98. The molecule has 1 heterocycles. The van der Waals surface area contributed by atoms with E-state index < -0.39 is 5.60 Å². The Labute approximate surface area is 93.5 Å². The van der Waals surface area contributed by atoms with Gasteiger partial charge in [-0.1, -0.05) is 48.5 Å². The lowest BCUT2D eigenvalue weighted by atomic mass is 9.91. The molecule has 1 unspecified atom stereocenters. The number of hydrogen-bond donors (Lipinski definition) is 0. The summed E-state index contributed by atoms with van der Waals surface area (Å²) in [7, 11) is 0. The molecule has 2 aromatic rings. The summed E-state index contributed by atoms with van der Waals surface area (Å²) < 4.78 is 19.2. The van der Waals surface area contributed by atoms with Gasteiger partial charge in [0.2, 0.25) is 0 Å². The molecule has 0 radical (unpaired) electrons. The molecule has 1 aliphatic rings. The van der Waals surface area contributed by atoms with Gasteiger partial charge < -0.3 is 4.74 Å². The first kappa shape index (κ1) is 9.55. The lowest BCUT2D eigenvalue weighted by molar-refractivity contribution is 0.341. The second-order valence-corrected chi connectivity index (χ2v) is 3.96. The maximum Gasteiger partial charge on any atom is 0.144 e. The zero-order valence-electron chi connectivity index (χ0n) is 8.69. The third kappa shape index (κ3) is 1.34. The van der Waals surface area contributed by atoms with E-state index in [9.17, 15) is 4.39 Å². The quantitative estimate of drug-likeness (QED) is 0.700. The fourth-order valence-electron chi connectivity index (χ4n) is 2.05. The average Bonchev–Trinajstić information content (AvgIpc) is 3.12. The van der Waals surface area contributed by atoms with E-state index in [4.69, 9.17) is 4.74 Å². The van der Waals surface area contributed by atoms with Crippen molar-refractivity contribution < 1.29 is 9.13 Å². The largest absolute Gasteiger partial charge is 0.359 e. The van der Waals surface area contributed by atoms with Crippen LogP contribution in [0.1, 0.15) is 11.1 Å². The first-order valence-corrected chi connectivity index (χ1v) is 5.27. The van der Waals surface area contributed by atoms with Crippen LogP contribution in [-0.4, -0.2) is 6.61 Å². The topological polar surface area (TPSA) is 12.5 Å². The minimum Gasteiger partial charge on any atom is -0.359 e. The van der Waals surface area contributed by atoms with Crippen molar-refractivity contribution in [1.29, 1.82) is 0 Å². The third-order valence-corrected chi connectivity index (χ3v) is 2.98. The molecule has 0 saturated carbocycles. The number of epoxide rings is 1. The van der Waals surface area contributed by atoms with E-state index in [0.717, 1.165) is 5.56 Å². The van der Waals surface area contributed by atoms with Crippen molar-refractivity contribution in [3.05, 3.63) is 71.5 Å². The summed E-state index contributed by atoms with van der Waals surface area (Å²) in [5.41, 5.74) is 1.09. The average molecular weight is 214 g/mol. The number of ether oxygens (including phenoxy) is 1. The smallest absolute Gasteiger partial charge is 0.144 e. The van der Waals surface area contributed by atoms with Crippen LogP contribution in [0.4, 0.5) is 4.39 Å². The van der Waals surface area contributed by atoms with Crippen molar-refractivity contribution in [3.63, 3.8) is 0 Å². The van der Waals surface area contributed by atoms with E-state index in [1.807, 2.05) is 36.4 Å². The molecule has 1 saturated heterocycles. The molecule has 1 nitrogen and oxygen atoms in total. The molecule has 0 bridgehead atoms. The molecule has 3 rings (SSSR count). The Morgan fingerprint density at radius 3 is 2.19 bits per heavy atom. The van der Waals surface area contributed by atoms with Crippen LogP contribution in [0.25, 0.3) is 0 Å². The van der Waals surface area contributed by atoms with Gasteiger partial charge in [-0.3, -0.25) is 0 Å². The number of benzene rings is 2. The molecule has 1 atom stereocenters. The van der Waals surface area contributed by atoms with Gasteiger partial charge in [0.25, 0.3) is 0 Å². The molecule has 1 fully saturated rings. The Kier molecular flexibility index (Phi) is 2.04. The molecule has 2 heteroatoms. The van der Waals surface area contributed by atoms with Crippen molar-refractivity contribution >= 4 is 0 Å². The van der Waals surface area contributed by atoms with Gasteiger partial charge in [-0.05, 0) is 11.6 Å². The monoisotopic (exact) mass is 214 g/mol.